The van der Waals surface area contributed by atoms with Crippen molar-refractivity contribution in [3.05, 3.63) is 23.3 Å². The quantitative estimate of drug-likeness (QED) is 0.546. The van der Waals surface area contributed by atoms with Crippen LogP contribution in [-0.4, -0.2) is 47.7 Å². The maximum atomic E-state index is 11.7. The second-order valence-electron chi connectivity index (χ2n) is 4.51. The van der Waals surface area contributed by atoms with E-state index in [1.807, 2.05) is 18.7 Å². The van der Waals surface area contributed by atoms with Crippen molar-refractivity contribution in [3.63, 3.8) is 0 Å². The van der Waals surface area contributed by atoms with E-state index in [0.29, 0.717) is 5.57 Å². The number of likely N-dealkylation sites (N-methyl/N-ethyl adjacent to an activating group) is 1. The molecule has 0 aliphatic heterocycles. The van der Waals surface area contributed by atoms with E-state index < -0.39 is 5.97 Å². The van der Waals surface area contributed by atoms with Gasteiger partial charge in [0.15, 0.2) is 0 Å². The number of ether oxygens (including phenoxy) is 1. The van der Waals surface area contributed by atoms with Crippen LogP contribution in [-0.2, 0) is 14.3 Å². The average molecular weight is 283 g/mol. The minimum atomic E-state index is -0.960. The van der Waals surface area contributed by atoms with Gasteiger partial charge >= 0.3 is 11.9 Å². The fourth-order valence-corrected chi connectivity index (χ4v) is 1.70. The topological polar surface area (TPSA) is 66.8 Å². The first-order valence-corrected chi connectivity index (χ1v) is 6.83. The van der Waals surface area contributed by atoms with Crippen LogP contribution in [0.5, 0.6) is 0 Å². The molecule has 0 radical (unpaired) electrons. The molecule has 0 saturated heterocycles. The first kappa shape index (κ1) is 18.4. The van der Waals surface area contributed by atoms with Crippen LogP contribution in [0.25, 0.3) is 0 Å². The van der Waals surface area contributed by atoms with Crippen molar-refractivity contribution in [2.75, 3.05) is 19.7 Å². The summed E-state index contributed by atoms with van der Waals surface area (Å²) in [6, 6.07) is -0.227. The van der Waals surface area contributed by atoms with Crippen molar-refractivity contribution in [3.8, 4) is 0 Å². The van der Waals surface area contributed by atoms with Gasteiger partial charge in [-0.25, -0.2) is 9.59 Å². The molecule has 5 nitrogen and oxygen atoms in total. The molecular weight excluding hydrogens is 258 g/mol. The van der Waals surface area contributed by atoms with Crippen molar-refractivity contribution in [1.29, 1.82) is 0 Å². The molecule has 0 rings (SSSR count). The Morgan fingerprint density at radius 3 is 2.15 bits per heavy atom. The van der Waals surface area contributed by atoms with Gasteiger partial charge in [-0.15, -0.1) is 0 Å². The van der Waals surface area contributed by atoms with E-state index >= 15 is 0 Å². The number of nitrogens with zero attached hydrogens (tertiary/aromatic N) is 1. The van der Waals surface area contributed by atoms with Crippen molar-refractivity contribution >= 4 is 11.9 Å². The van der Waals surface area contributed by atoms with Crippen LogP contribution in [0, 0.1) is 0 Å². The first-order chi connectivity index (χ1) is 9.37. The predicted molar refractivity (Wildman–Crippen MR) is 78.5 cm³/mol. The molecule has 0 fully saturated rings. The molecule has 0 bridgehead atoms. The SMILES string of the molecule is CC=C(C)C(=O)OCC(C=C(C)C(=O)O)N(CC)CC. The van der Waals surface area contributed by atoms with Gasteiger partial charge < -0.3 is 9.84 Å². The maximum absolute atomic E-state index is 11.7. The Hall–Kier alpha value is -1.62. The van der Waals surface area contributed by atoms with Crippen LogP contribution in [0.4, 0.5) is 0 Å². The minimum absolute atomic E-state index is 0.149. The summed E-state index contributed by atoms with van der Waals surface area (Å²) in [6.07, 6.45) is 3.32. The molecule has 1 N–H and O–H groups in total. The monoisotopic (exact) mass is 283 g/mol. The average Bonchev–Trinajstić information content (AvgIpc) is 2.43. The lowest BCUT2D eigenvalue weighted by Crippen LogP contribution is -2.38. The van der Waals surface area contributed by atoms with Crippen molar-refractivity contribution in [1.82, 2.24) is 4.90 Å². The predicted octanol–water partition coefficient (Wildman–Crippen LogP) is 2.24. The van der Waals surface area contributed by atoms with Crippen LogP contribution in [0.2, 0.25) is 0 Å². The van der Waals surface area contributed by atoms with Gasteiger partial charge in [-0.3, -0.25) is 4.90 Å². The number of carbonyl (C=O) groups excluding carboxylic acids is 1. The molecule has 0 aliphatic rings. The number of carbonyl (C=O) groups is 2. The van der Waals surface area contributed by atoms with Crippen molar-refractivity contribution in [2.45, 2.75) is 40.7 Å². The number of hydrogen-bond donors (Lipinski definition) is 1. The van der Waals surface area contributed by atoms with Crippen LogP contribution in [0.15, 0.2) is 23.3 Å². The highest BCUT2D eigenvalue weighted by Crippen LogP contribution is 2.08. The van der Waals surface area contributed by atoms with E-state index in [1.54, 1.807) is 26.0 Å². The summed E-state index contributed by atoms with van der Waals surface area (Å²) in [4.78, 5) is 24.6. The third-order valence-corrected chi connectivity index (χ3v) is 3.20. The highest BCUT2D eigenvalue weighted by molar-refractivity contribution is 5.87. The lowest BCUT2D eigenvalue weighted by Gasteiger charge is -2.27. The van der Waals surface area contributed by atoms with Gasteiger partial charge in [0, 0.05) is 11.1 Å². The van der Waals surface area contributed by atoms with Crippen molar-refractivity contribution in [2.24, 2.45) is 0 Å². The summed E-state index contributed by atoms with van der Waals surface area (Å²) in [5.41, 5.74) is 0.794. The van der Waals surface area contributed by atoms with Gasteiger partial charge in [0.2, 0.25) is 0 Å². The Labute approximate surface area is 120 Å². The first-order valence-electron chi connectivity index (χ1n) is 6.83. The van der Waals surface area contributed by atoms with Gasteiger partial charge in [0.25, 0.3) is 0 Å². The number of aliphatic carboxylic acids is 1. The van der Waals surface area contributed by atoms with Crippen LogP contribution >= 0.6 is 0 Å². The maximum Gasteiger partial charge on any atom is 0.333 e. The van der Waals surface area contributed by atoms with Gasteiger partial charge in [-0.05, 0) is 33.9 Å². The summed E-state index contributed by atoms with van der Waals surface area (Å²) < 4.78 is 5.24. The molecule has 0 aliphatic carbocycles. The molecule has 0 saturated carbocycles. The fraction of sp³-hybridized carbons (Fsp3) is 0.600. The van der Waals surface area contributed by atoms with Gasteiger partial charge in [-0.2, -0.15) is 0 Å². The van der Waals surface area contributed by atoms with Gasteiger partial charge in [0.1, 0.15) is 6.61 Å². The molecule has 1 unspecified atom stereocenters. The molecule has 0 spiro atoms. The molecule has 20 heavy (non-hydrogen) atoms. The lowest BCUT2D eigenvalue weighted by molar-refractivity contribution is -0.140. The summed E-state index contributed by atoms with van der Waals surface area (Å²) >= 11 is 0. The number of carboxylic acid groups (broad SMARTS) is 1. The fourth-order valence-electron chi connectivity index (χ4n) is 1.70. The standard InChI is InChI=1S/C15H25NO4/c1-6-11(4)15(19)20-10-13(16(7-2)8-3)9-12(5)14(17)18/h6,9,13H,7-8,10H2,1-5H3,(H,17,18). The number of allylic oxidation sites excluding steroid dienone is 1. The number of hydrogen-bond acceptors (Lipinski definition) is 4. The minimum Gasteiger partial charge on any atom is -0.478 e. The van der Waals surface area contributed by atoms with Crippen LogP contribution in [0.1, 0.15) is 34.6 Å². The van der Waals surface area contributed by atoms with Crippen LogP contribution in [0.3, 0.4) is 0 Å². The largest absolute Gasteiger partial charge is 0.478 e. The van der Waals surface area contributed by atoms with E-state index in [0.717, 1.165) is 13.1 Å². The number of rotatable bonds is 8. The van der Waals surface area contributed by atoms with E-state index in [9.17, 15) is 9.59 Å². The summed E-state index contributed by atoms with van der Waals surface area (Å²) in [5, 5.41) is 8.96. The summed E-state index contributed by atoms with van der Waals surface area (Å²) in [6.45, 7) is 10.6. The zero-order valence-corrected chi connectivity index (χ0v) is 13.0. The molecule has 114 valence electrons. The smallest absolute Gasteiger partial charge is 0.333 e. The Balaban J connectivity index is 4.92. The molecule has 0 heterocycles. The second-order valence-corrected chi connectivity index (χ2v) is 4.51. The summed E-state index contributed by atoms with van der Waals surface area (Å²) in [5.74, 6) is -1.33. The van der Waals surface area contributed by atoms with E-state index in [-0.39, 0.29) is 24.2 Å². The van der Waals surface area contributed by atoms with E-state index in [4.69, 9.17) is 9.84 Å². The second kappa shape index (κ2) is 9.31. The normalized spacial score (nSPS) is 14.3. The molecule has 0 aromatic rings. The molecule has 0 aromatic carbocycles. The van der Waals surface area contributed by atoms with Crippen molar-refractivity contribution < 1.29 is 19.4 Å². The summed E-state index contributed by atoms with van der Waals surface area (Å²) in [7, 11) is 0. The number of carboxylic acids is 1. The van der Waals surface area contributed by atoms with Gasteiger partial charge in [0.05, 0.1) is 6.04 Å². The Morgan fingerprint density at radius 1 is 1.20 bits per heavy atom. The molecule has 0 amide bonds. The van der Waals surface area contributed by atoms with E-state index in [2.05, 4.69) is 0 Å². The highest BCUT2D eigenvalue weighted by Gasteiger charge is 2.17. The highest BCUT2D eigenvalue weighted by atomic mass is 16.5. The molecule has 1 atom stereocenters. The Bertz CT molecular complexity index is 395. The van der Waals surface area contributed by atoms with E-state index in [1.165, 1.54) is 6.92 Å². The molecular formula is C15H25NO4. The number of esters is 1. The Kier molecular flexibility index (Phi) is 8.56. The third-order valence-electron chi connectivity index (χ3n) is 3.20. The van der Waals surface area contributed by atoms with Gasteiger partial charge in [-0.1, -0.05) is 26.0 Å². The lowest BCUT2D eigenvalue weighted by atomic mass is 10.1. The zero-order chi connectivity index (χ0) is 15.7. The molecule has 0 aromatic heterocycles. The third kappa shape index (κ3) is 6.02. The molecule has 5 heteroatoms. The van der Waals surface area contributed by atoms with Crippen LogP contribution < -0.4 is 0 Å². The zero-order valence-electron chi connectivity index (χ0n) is 13.0. The Morgan fingerprint density at radius 2 is 1.75 bits per heavy atom.